The van der Waals surface area contributed by atoms with E-state index in [1.807, 2.05) is 0 Å². The van der Waals surface area contributed by atoms with Gasteiger partial charge in [-0.25, -0.2) is 0 Å². The van der Waals surface area contributed by atoms with Gasteiger partial charge in [-0.1, -0.05) is 107 Å². The molecule has 192 valence electrons. The first-order chi connectivity index (χ1) is 20.2. The van der Waals surface area contributed by atoms with Crippen LogP contribution < -0.4 is 0 Å². The lowest BCUT2D eigenvalue weighted by Crippen LogP contribution is -2.26. The van der Waals surface area contributed by atoms with Gasteiger partial charge in [-0.3, -0.25) is 0 Å². The first kappa shape index (κ1) is 22.7. The molecule has 0 aliphatic heterocycles. The molecule has 0 radical (unpaired) electrons. The van der Waals surface area contributed by atoms with E-state index < -0.39 is 5.41 Å². The van der Waals surface area contributed by atoms with E-state index in [0.29, 0.717) is 0 Å². The van der Waals surface area contributed by atoms with Crippen molar-refractivity contribution in [2.45, 2.75) is 11.8 Å². The summed E-state index contributed by atoms with van der Waals surface area (Å²) >= 11 is 8.08. The molecule has 6 aromatic carbocycles. The standard InChI is InChI=1S/C38H20Br2O/c39-30-18-28-34(25-17-20-9-1-2-10-21(20)33(25)30)36-29(19-31(40)37-35(36)24-13-5-8-16-32(24)41-37)38(28)26-14-6-3-11-22(26)23-12-4-7-15-27(23)38/h1-16,18-19H,17H2. The Bertz CT molecular complexity index is 2280. The Labute approximate surface area is 253 Å². The second-order valence-electron chi connectivity index (χ2n) is 11.4. The number of fused-ring (bicyclic) bond motifs is 18. The molecule has 10 rings (SSSR count). The smallest absolute Gasteiger partial charge is 0.150 e. The third-order valence-corrected chi connectivity index (χ3v) is 10.9. The van der Waals surface area contributed by atoms with Crippen LogP contribution in [0.3, 0.4) is 0 Å². The predicted octanol–water partition coefficient (Wildman–Crippen LogP) is 11.0. The molecular weight excluding hydrogens is 632 g/mol. The van der Waals surface area contributed by atoms with Crippen LogP contribution in [0, 0.1) is 0 Å². The zero-order chi connectivity index (χ0) is 27.0. The van der Waals surface area contributed by atoms with Crippen LogP contribution in [-0.2, 0) is 11.8 Å². The van der Waals surface area contributed by atoms with Crippen molar-refractivity contribution in [1.82, 2.24) is 0 Å². The van der Waals surface area contributed by atoms with Crippen LogP contribution in [0.5, 0.6) is 0 Å². The molecule has 3 aliphatic carbocycles. The Morgan fingerprint density at radius 2 is 1.17 bits per heavy atom. The number of para-hydroxylation sites is 1. The van der Waals surface area contributed by atoms with Gasteiger partial charge in [0.05, 0.1) is 9.89 Å². The summed E-state index contributed by atoms with van der Waals surface area (Å²) in [6.07, 6.45) is 0.916. The van der Waals surface area contributed by atoms with E-state index in [1.165, 1.54) is 72.1 Å². The van der Waals surface area contributed by atoms with E-state index in [0.717, 1.165) is 31.9 Å². The van der Waals surface area contributed by atoms with Gasteiger partial charge in [0.2, 0.25) is 0 Å². The Morgan fingerprint density at radius 1 is 0.561 bits per heavy atom. The predicted molar refractivity (Wildman–Crippen MR) is 174 cm³/mol. The van der Waals surface area contributed by atoms with Gasteiger partial charge in [-0.15, -0.1) is 0 Å². The van der Waals surface area contributed by atoms with Gasteiger partial charge in [0, 0.05) is 20.8 Å². The highest BCUT2D eigenvalue weighted by Gasteiger charge is 2.54. The fourth-order valence-electron chi connectivity index (χ4n) is 8.24. The van der Waals surface area contributed by atoms with E-state index >= 15 is 0 Å². The quantitative estimate of drug-likeness (QED) is 0.159. The number of hydrogen-bond acceptors (Lipinski definition) is 1. The highest BCUT2D eigenvalue weighted by Crippen LogP contribution is 2.67. The summed E-state index contributed by atoms with van der Waals surface area (Å²) in [5, 5.41) is 2.36. The van der Waals surface area contributed by atoms with Crippen molar-refractivity contribution >= 4 is 53.8 Å². The third kappa shape index (κ3) is 2.55. The van der Waals surface area contributed by atoms with Gasteiger partial charge in [0.15, 0.2) is 0 Å². The average Bonchev–Trinajstić information content (AvgIpc) is 3.73. The molecule has 0 bridgehead atoms. The number of hydrogen-bond donors (Lipinski definition) is 0. The van der Waals surface area contributed by atoms with Gasteiger partial charge >= 0.3 is 0 Å². The molecule has 3 heteroatoms. The molecule has 0 saturated heterocycles. The number of halogens is 2. The van der Waals surface area contributed by atoms with Crippen LogP contribution in [0.25, 0.3) is 55.3 Å². The molecule has 7 aromatic rings. The summed E-state index contributed by atoms with van der Waals surface area (Å²) in [6, 6.07) is 40.1. The highest BCUT2D eigenvalue weighted by molar-refractivity contribution is 9.11. The van der Waals surface area contributed by atoms with Crippen molar-refractivity contribution < 1.29 is 4.42 Å². The van der Waals surface area contributed by atoms with Crippen LogP contribution in [-0.4, -0.2) is 0 Å². The molecule has 0 unspecified atom stereocenters. The number of rotatable bonds is 0. The minimum atomic E-state index is -0.431. The summed E-state index contributed by atoms with van der Waals surface area (Å²) in [4.78, 5) is 0. The maximum absolute atomic E-state index is 6.56. The molecule has 0 N–H and O–H groups in total. The number of furan rings is 1. The Morgan fingerprint density at radius 3 is 1.95 bits per heavy atom. The Kier molecular flexibility index (Phi) is 4.25. The van der Waals surface area contributed by atoms with Gasteiger partial charge in [-0.2, -0.15) is 0 Å². The minimum Gasteiger partial charge on any atom is -0.455 e. The Hall–Kier alpha value is -3.92. The van der Waals surface area contributed by atoms with Crippen LogP contribution in [0.1, 0.15) is 33.4 Å². The zero-order valence-corrected chi connectivity index (χ0v) is 24.9. The van der Waals surface area contributed by atoms with E-state index in [9.17, 15) is 0 Å². The summed E-state index contributed by atoms with van der Waals surface area (Å²) in [5.41, 5.74) is 17.5. The second-order valence-corrected chi connectivity index (χ2v) is 13.1. The molecule has 1 aromatic heterocycles. The van der Waals surface area contributed by atoms with Crippen LogP contribution in [0.4, 0.5) is 0 Å². The summed E-state index contributed by atoms with van der Waals surface area (Å²) in [6.45, 7) is 0. The minimum absolute atomic E-state index is 0.431. The summed E-state index contributed by atoms with van der Waals surface area (Å²) in [7, 11) is 0. The van der Waals surface area contributed by atoms with Crippen molar-refractivity contribution in [2.24, 2.45) is 0 Å². The fourth-order valence-corrected chi connectivity index (χ4v) is 9.43. The lowest BCUT2D eigenvalue weighted by atomic mass is 9.70. The normalized spacial score (nSPS) is 14.7. The lowest BCUT2D eigenvalue weighted by molar-refractivity contribution is 0.666. The van der Waals surface area contributed by atoms with Gasteiger partial charge in [0.1, 0.15) is 11.2 Å². The van der Waals surface area contributed by atoms with Crippen LogP contribution in [0.2, 0.25) is 0 Å². The molecule has 0 amide bonds. The monoisotopic (exact) mass is 650 g/mol. The molecule has 0 saturated carbocycles. The maximum atomic E-state index is 6.56. The third-order valence-electron chi connectivity index (χ3n) is 9.65. The van der Waals surface area contributed by atoms with Crippen molar-refractivity contribution in [2.75, 3.05) is 0 Å². The molecular formula is C38H20Br2O. The van der Waals surface area contributed by atoms with Gasteiger partial charge in [0.25, 0.3) is 0 Å². The molecule has 1 spiro atoms. The van der Waals surface area contributed by atoms with Crippen molar-refractivity contribution in [3.8, 4) is 33.4 Å². The van der Waals surface area contributed by atoms with E-state index in [4.69, 9.17) is 4.42 Å². The number of benzene rings is 6. The van der Waals surface area contributed by atoms with Crippen molar-refractivity contribution in [3.63, 3.8) is 0 Å². The molecule has 0 fully saturated rings. The Balaban J connectivity index is 1.49. The van der Waals surface area contributed by atoms with E-state index in [2.05, 4.69) is 141 Å². The average molecular weight is 652 g/mol. The van der Waals surface area contributed by atoms with E-state index in [1.54, 1.807) is 0 Å². The van der Waals surface area contributed by atoms with Crippen molar-refractivity contribution in [3.05, 3.63) is 152 Å². The largest absolute Gasteiger partial charge is 0.455 e. The molecule has 1 nitrogen and oxygen atoms in total. The topological polar surface area (TPSA) is 13.1 Å². The maximum Gasteiger partial charge on any atom is 0.150 e. The van der Waals surface area contributed by atoms with Gasteiger partial charge in [-0.05, 0) is 102 Å². The summed E-state index contributed by atoms with van der Waals surface area (Å²) < 4.78 is 8.72. The molecule has 3 aliphatic rings. The van der Waals surface area contributed by atoms with Crippen LogP contribution in [0.15, 0.2) is 123 Å². The van der Waals surface area contributed by atoms with Crippen LogP contribution >= 0.6 is 31.9 Å². The molecule has 0 atom stereocenters. The summed E-state index contributed by atoms with van der Waals surface area (Å²) in [5.74, 6) is 0. The zero-order valence-electron chi connectivity index (χ0n) is 21.8. The molecule has 41 heavy (non-hydrogen) atoms. The van der Waals surface area contributed by atoms with Crippen molar-refractivity contribution in [1.29, 1.82) is 0 Å². The van der Waals surface area contributed by atoms with Gasteiger partial charge < -0.3 is 4.42 Å². The first-order valence-corrected chi connectivity index (χ1v) is 15.5. The molecule has 1 heterocycles. The second kappa shape index (κ2) is 7.67. The highest BCUT2D eigenvalue weighted by atomic mass is 79.9. The SMILES string of the molecule is Brc1cc2c(c3c1-c1ccccc1C3)-c1c(cc(Br)c3oc4ccccc4c13)C21c2ccccc2-c2ccccc21. The van der Waals surface area contributed by atoms with E-state index in [-0.39, 0.29) is 0 Å². The first-order valence-electron chi connectivity index (χ1n) is 14.0. The fraction of sp³-hybridized carbons (Fsp3) is 0.0526. The lowest BCUT2D eigenvalue weighted by Gasteiger charge is -2.31.